The second kappa shape index (κ2) is 10.7. The third-order valence-electron chi connectivity index (χ3n) is 4.68. The number of piperidine rings is 1. The highest BCUT2D eigenvalue weighted by Crippen LogP contribution is 2.23. The van der Waals surface area contributed by atoms with Crippen LogP contribution in [0.25, 0.3) is 0 Å². The fraction of sp³-hybridized carbons (Fsp3) is 0.300. The molecule has 3 amide bonds. The van der Waals surface area contributed by atoms with Crippen LogP contribution in [0.2, 0.25) is 0 Å². The lowest BCUT2D eigenvalue weighted by atomic mass is 9.91. The van der Waals surface area contributed by atoms with Gasteiger partial charge in [-0.3, -0.25) is 24.8 Å². The van der Waals surface area contributed by atoms with E-state index >= 15 is 0 Å². The Kier molecular flexibility index (Phi) is 8.01. The maximum atomic E-state index is 12.9. The van der Waals surface area contributed by atoms with E-state index < -0.39 is 23.8 Å². The Labute approximate surface area is 179 Å². The average molecular weight is 426 g/mol. The standard InChI is InChI=1S/C20H26N8O3/c1-12-2-3-16(15(22)5-7-26-17(23)4-6-21)28(11-12)20(31)19(30)27-14-8-13(18(24)29)9-25-10-14/h4-10,12,16,22H,2-3,11,21H2,1H3,(H2,23,26)(H2,24,29)(H,27,30)/b6-4-,7-5-,22-15?/t12-,16?/m0/s1. The molecule has 11 nitrogen and oxygen atoms in total. The minimum atomic E-state index is -0.896. The van der Waals surface area contributed by atoms with Crippen molar-refractivity contribution in [1.29, 1.82) is 10.8 Å². The molecule has 11 heteroatoms. The Morgan fingerprint density at radius 2 is 1.97 bits per heavy atom. The van der Waals surface area contributed by atoms with Gasteiger partial charge >= 0.3 is 11.8 Å². The van der Waals surface area contributed by atoms with Crippen LogP contribution in [0.4, 0.5) is 5.69 Å². The Balaban J connectivity index is 2.11. The molecule has 1 saturated heterocycles. The van der Waals surface area contributed by atoms with Crippen molar-refractivity contribution < 1.29 is 14.4 Å². The number of primary amides is 1. The first-order valence-corrected chi connectivity index (χ1v) is 9.58. The number of pyridine rings is 1. The van der Waals surface area contributed by atoms with Crippen molar-refractivity contribution >= 4 is 35.0 Å². The number of carbonyl (C=O) groups is 3. The van der Waals surface area contributed by atoms with Crippen LogP contribution in [-0.4, -0.2) is 51.7 Å². The predicted molar refractivity (Wildman–Crippen MR) is 116 cm³/mol. The zero-order valence-corrected chi connectivity index (χ0v) is 17.1. The van der Waals surface area contributed by atoms with E-state index in [0.717, 1.165) is 6.42 Å². The van der Waals surface area contributed by atoms with Crippen molar-refractivity contribution in [3.63, 3.8) is 0 Å². The molecule has 0 aromatic carbocycles. The van der Waals surface area contributed by atoms with Crippen molar-refractivity contribution in [2.45, 2.75) is 25.8 Å². The van der Waals surface area contributed by atoms with E-state index in [1.807, 2.05) is 6.92 Å². The number of hydrogen-bond acceptors (Lipinski definition) is 7. The average Bonchev–Trinajstić information content (AvgIpc) is 2.73. The highest BCUT2D eigenvalue weighted by atomic mass is 16.2. The zero-order chi connectivity index (χ0) is 23.0. The molecule has 0 bridgehead atoms. The van der Waals surface area contributed by atoms with Crippen LogP contribution in [-0.2, 0) is 9.59 Å². The summed E-state index contributed by atoms with van der Waals surface area (Å²) >= 11 is 0. The van der Waals surface area contributed by atoms with Crippen LogP contribution >= 0.6 is 0 Å². The zero-order valence-electron chi connectivity index (χ0n) is 17.1. The van der Waals surface area contributed by atoms with E-state index in [-0.39, 0.29) is 28.7 Å². The van der Waals surface area contributed by atoms with E-state index in [0.29, 0.717) is 13.0 Å². The first kappa shape index (κ1) is 23.3. The molecule has 31 heavy (non-hydrogen) atoms. The van der Waals surface area contributed by atoms with Crippen LogP contribution in [0.3, 0.4) is 0 Å². The van der Waals surface area contributed by atoms with Gasteiger partial charge in [0.15, 0.2) is 0 Å². The highest BCUT2D eigenvalue weighted by molar-refractivity contribution is 6.40. The molecule has 1 aliphatic heterocycles. The van der Waals surface area contributed by atoms with Gasteiger partial charge in [-0.25, -0.2) is 0 Å². The maximum absolute atomic E-state index is 12.9. The summed E-state index contributed by atoms with van der Waals surface area (Å²) in [5.41, 5.74) is 10.8. The molecule has 1 aromatic heterocycles. The van der Waals surface area contributed by atoms with Gasteiger partial charge in [0.25, 0.3) is 0 Å². The first-order valence-electron chi connectivity index (χ1n) is 9.58. The summed E-state index contributed by atoms with van der Waals surface area (Å²) in [4.78, 5) is 41.9. The van der Waals surface area contributed by atoms with Gasteiger partial charge in [-0.2, -0.15) is 0 Å². The van der Waals surface area contributed by atoms with E-state index in [1.165, 1.54) is 47.9 Å². The van der Waals surface area contributed by atoms with Crippen LogP contribution < -0.4 is 22.1 Å². The van der Waals surface area contributed by atoms with Crippen LogP contribution in [0, 0.1) is 16.7 Å². The Bertz CT molecular complexity index is 940. The van der Waals surface area contributed by atoms with Gasteiger partial charge in [0, 0.05) is 18.9 Å². The van der Waals surface area contributed by atoms with Gasteiger partial charge in [-0.05, 0) is 43.2 Å². The van der Waals surface area contributed by atoms with Crippen molar-refractivity contribution in [2.24, 2.45) is 17.4 Å². The second-order valence-electron chi connectivity index (χ2n) is 7.14. The number of amidine groups is 1. The summed E-state index contributed by atoms with van der Waals surface area (Å²) < 4.78 is 0. The number of nitrogens with zero attached hydrogens (tertiary/aromatic N) is 2. The Morgan fingerprint density at radius 3 is 2.65 bits per heavy atom. The van der Waals surface area contributed by atoms with Gasteiger partial charge in [0.2, 0.25) is 5.91 Å². The van der Waals surface area contributed by atoms with Crippen LogP contribution in [0.15, 0.2) is 43.0 Å². The molecule has 0 saturated carbocycles. The molecule has 0 aliphatic carbocycles. The smallest absolute Gasteiger partial charge is 0.313 e. The molecule has 1 aliphatic rings. The third kappa shape index (κ3) is 6.49. The number of hydrogen-bond donors (Lipinski definition) is 6. The van der Waals surface area contributed by atoms with Crippen molar-refractivity contribution in [3.8, 4) is 0 Å². The molecule has 2 heterocycles. The number of nitrogens with one attached hydrogen (secondary N) is 4. The van der Waals surface area contributed by atoms with Crippen LogP contribution in [0.5, 0.6) is 0 Å². The summed E-state index contributed by atoms with van der Waals surface area (Å²) in [6, 6.07) is 0.750. The topological polar surface area (TPSA) is 191 Å². The van der Waals surface area contributed by atoms with Gasteiger partial charge in [-0.15, -0.1) is 0 Å². The minimum Gasteiger partial charge on any atom is -0.404 e. The summed E-state index contributed by atoms with van der Waals surface area (Å²) in [6.45, 7) is 2.29. The monoisotopic (exact) mass is 426 g/mol. The van der Waals surface area contributed by atoms with Crippen molar-refractivity contribution in [2.75, 3.05) is 11.9 Å². The van der Waals surface area contributed by atoms with E-state index in [4.69, 9.17) is 22.3 Å². The third-order valence-corrected chi connectivity index (χ3v) is 4.68. The number of aromatic nitrogens is 1. The van der Waals surface area contributed by atoms with E-state index in [9.17, 15) is 14.4 Å². The molecule has 0 spiro atoms. The normalized spacial score (nSPS) is 18.7. The number of likely N-dealkylation sites (tertiary alicyclic amines) is 1. The molecule has 8 N–H and O–H groups in total. The number of carbonyl (C=O) groups excluding carboxylic acids is 3. The second-order valence-corrected chi connectivity index (χ2v) is 7.14. The number of amides is 3. The molecule has 1 fully saturated rings. The predicted octanol–water partition coefficient (Wildman–Crippen LogP) is 0.319. The molecule has 1 unspecified atom stereocenters. The van der Waals surface area contributed by atoms with Crippen molar-refractivity contribution in [3.05, 3.63) is 48.6 Å². The van der Waals surface area contributed by atoms with Gasteiger partial charge in [0.05, 0.1) is 29.2 Å². The van der Waals surface area contributed by atoms with Gasteiger partial charge in [-0.1, -0.05) is 6.92 Å². The number of rotatable bonds is 6. The lowest BCUT2D eigenvalue weighted by molar-refractivity contribution is -0.145. The fourth-order valence-electron chi connectivity index (χ4n) is 3.14. The number of nitrogens with two attached hydrogens (primary N) is 2. The molecular weight excluding hydrogens is 400 g/mol. The molecular formula is C20H26N8O3. The molecule has 2 rings (SSSR count). The summed E-state index contributed by atoms with van der Waals surface area (Å²) in [5.74, 6) is -2.17. The molecule has 164 valence electrons. The van der Waals surface area contributed by atoms with E-state index in [2.05, 4.69) is 15.6 Å². The molecule has 1 aromatic rings. The van der Waals surface area contributed by atoms with Crippen molar-refractivity contribution in [1.82, 2.24) is 15.2 Å². The largest absolute Gasteiger partial charge is 0.404 e. The van der Waals surface area contributed by atoms with E-state index in [1.54, 1.807) is 0 Å². The van der Waals surface area contributed by atoms with Gasteiger partial charge in [0.1, 0.15) is 5.84 Å². The SMILES string of the molecule is C[C@H]1CCC(C(=N)/C=C\NC(=N)/C=C\N)N(C(=O)C(=O)Nc2cncc(C(N)=O)c2)C1. The van der Waals surface area contributed by atoms with Gasteiger partial charge < -0.3 is 32.4 Å². The lowest BCUT2D eigenvalue weighted by Gasteiger charge is -2.38. The number of anilines is 1. The molecule has 2 atom stereocenters. The lowest BCUT2D eigenvalue weighted by Crippen LogP contribution is -2.53. The maximum Gasteiger partial charge on any atom is 0.313 e. The summed E-state index contributed by atoms with van der Waals surface area (Å²) in [7, 11) is 0. The fourth-order valence-corrected chi connectivity index (χ4v) is 3.14. The summed E-state index contributed by atoms with van der Waals surface area (Å²) in [6.07, 6.45) is 9.30. The minimum absolute atomic E-state index is 0.0444. The Morgan fingerprint density at radius 1 is 1.23 bits per heavy atom. The Hall–Kier alpha value is -4.02. The molecule has 0 radical (unpaired) electrons. The highest BCUT2D eigenvalue weighted by Gasteiger charge is 2.35. The quantitative estimate of drug-likeness (QED) is 0.215. The first-order chi connectivity index (χ1) is 14.7. The summed E-state index contributed by atoms with van der Waals surface area (Å²) in [5, 5.41) is 21.0. The van der Waals surface area contributed by atoms with Crippen LogP contribution in [0.1, 0.15) is 30.1 Å².